The van der Waals surface area contributed by atoms with E-state index in [1.54, 1.807) is 54.6 Å². The van der Waals surface area contributed by atoms with Crippen molar-refractivity contribution in [2.24, 2.45) is 0 Å². The Labute approximate surface area is 237 Å². The second-order valence-electron chi connectivity index (χ2n) is 8.85. The molecule has 1 atom stereocenters. The number of ether oxygens (including phenoxy) is 2. The molecule has 0 spiro atoms. The van der Waals surface area contributed by atoms with Crippen LogP contribution in [-0.4, -0.2) is 34.1 Å². The van der Waals surface area contributed by atoms with Gasteiger partial charge in [0.15, 0.2) is 5.75 Å². The summed E-state index contributed by atoms with van der Waals surface area (Å²) < 4.78 is 12.4. The normalized spacial score (nSPS) is 11.6. The standard InChI is InChI=1S/C28H27Br2NO7/c1-16(2)20-13-19(8-9-24(20)32)38-27-21(29)10-18(11-22(27)30)12-25(33)31-23(14-26(34)35)28(36)37-15-17-6-4-3-5-7-17/h3-11,13,16,23,32H,12,14-15H2,1-2H3,(H,31,33)(H,34,35)/t23-/m0/s1. The van der Waals surface area contributed by atoms with Crippen molar-refractivity contribution in [1.82, 2.24) is 5.32 Å². The summed E-state index contributed by atoms with van der Waals surface area (Å²) >= 11 is 6.94. The number of benzene rings is 3. The Morgan fingerprint density at radius 2 is 1.61 bits per heavy atom. The van der Waals surface area contributed by atoms with Crippen molar-refractivity contribution in [1.29, 1.82) is 0 Å². The van der Waals surface area contributed by atoms with Crippen molar-refractivity contribution in [3.05, 3.63) is 86.3 Å². The average Bonchev–Trinajstić information content (AvgIpc) is 2.85. The fourth-order valence-corrected chi connectivity index (χ4v) is 5.06. The van der Waals surface area contributed by atoms with E-state index in [-0.39, 0.29) is 24.7 Å². The number of phenolic OH excluding ortho intramolecular Hbond substituents is 1. The summed E-state index contributed by atoms with van der Waals surface area (Å²) in [6, 6.07) is 16.0. The predicted octanol–water partition coefficient (Wildman–Crippen LogP) is 6.08. The fraction of sp³-hybridized carbons (Fsp3) is 0.250. The number of halogens is 2. The molecule has 1 amide bonds. The minimum Gasteiger partial charge on any atom is -0.508 e. The Morgan fingerprint density at radius 3 is 2.21 bits per heavy atom. The first-order valence-corrected chi connectivity index (χ1v) is 13.3. The molecule has 0 aromatic heterocycles. The number of rotatable bonds is 11. The topological polar surface area (TPSA) is 122 Å². The molecular formula is C28H27Br2NO7. The van der Waals surface area contributed by atoms with Gasteiger partial charge in [0.1, 0.15) is 24.1 Å². The number of esters is 1. The van der Waals surface area contributed by atoms with Gasteiger partial charge in [-0.3, -0.25) is 9.59 Å². The van der Waals surface area contributed by atoms with Crippen LogP contribution in [0.25, 0.3) is 0 Å². The van der Waals surface area contributed by atoms with Crippen LogP contribution in [0.1, 0.15) is 42.9 Å². The number of hydrogen-bond donors (Lipinski definition) is 3. The Morgan fingerprint density at radius 1 is 0.947 bits per heavy atom. The summed E-state index contributed by atoms with van der Waals surface area (Å²) in [7, 11) is 0. The lowest BCUT2D eigenvalue weighted by atomic mass is 10.0. The number of hydrogen-bond acceptors (Lipinski definition) is 6. The number of carbonyl (C=O) groups excluding carboxylic acids is 2. The van der Waals surface area contributed by atoms with E-state index in [9.17, 15) is 24.6 Å². The number of carbonyl (C=O) groups is 3. The van der Waals surface area contributed by atoms with E-state index in [0.29, 0.717) is 26.0 Å². The Hall–Kier alpha value is -3.37. The van der Waals surface area contributed by atoms with Crippen LogP contribution in [-0.2, 0) is 32.1 Å². The lowest BCUT2D eigenvalue weighted by molar-refractivity contribution is -0.152. The number of carboxylic acid groups (broad SMARTS) is 1. The van der Waals surface area contributed by atoms with E-state index >= 15 is 0 Å². The van der Waals surface area contributed by atoms with Crippen molar-refractivity contribution < 1.29 is 34.1 Å². The third-order valence-corrected chi connectivity index (χ3v) is 6.66. The van der Waals surface area contributed by atoms with Crippen molar-refractivity contribution >= 4 is 49.7 Å². The Balaban J connectivity index is 1.67. The maximum atomic E-state index is 12.7. The Kier molecular flexibility index (Phi) is 10.3. The van der Waals surface area contributed by atoms with Crippen LogP contribution >= 0.6 is 31.9 Å². The minimum absolute atomic E-state index is 0.0350. The number of phenols is 1. The van der Waals surface area contributed by atoms with E-state index < -0.39 is 30.3 Å². The van der Waals surface area contributed by atoms with Crippen LogP contribution in [0.2, 0.25) is 0 Å². The summed E-state index contributed by atoms with van der Waals surface area (Å²) in [6.45, 7) is 3.90. The SMILES string of the molecule is CC(C)c1cc(Oc2c(Br)cc(CC(=O)N[C@@H](CC(=O)O)C(=O)OCc3ccccc3)cc2Br)ccc1O. The molecule has 0 heterocycles. The molecule has 0 bridgehead atoms. The third-order valence-electron chi connectivity index (χ3n) is 5.49. The first-order chi connectivity index (χ1) is 18.0. The van der Waals surface area contributed by atoms with Gasteiger partial charge in [-0.25, -0.2) is 4.79 Å². The summed E-state index contributed by atoms with van der Waals surface area (Å²) in [4.78, 5) is 36.5. The van der Waals surface area contributed by atoms with Crippen molar-refractivity contribution in [2.45, 2.75) is 45.3 Å². The molecule has 0 fully saturated rings. The zero-order valence-electron chi connectivity index (χ0n) is 20.7. The number of carboxylic acids is 1. The van der Waals surface area contributed by atoms with Gasteiger partial charge < -0.3 is 25.0 Å². The lowest BCUT2D eigenvalue weighted by Crippen LogP contribution is -2.43. The van der Waals surface area contributed by atoms with Gasteiger partial charge in [-0.1, -0.05) is 44.2 Å². The highest BCUT2D eigenvalue weighted by molar-refractivity contribution is 9.11. The fourth-order valence-electron chi connectivity index (χ4n) is 3.62. The summed E-state index contributed by atoms with van der Waals surface area (Å²) in [5, 5.41) is 21.7. The molecule has 10 heteroatoms. The smallest absolute Gasteiger partial charge is 0.329 e. The van der Waals surface area contributed by atoms with Gasteiger partial charge in [-0.2, -0.15) is 0 Å². The minimum atomic E-state index is -1.33. The lowest BCUT2D eigenvalue weighted by Gasteiger charge is -2.17. The highest BCUT2D eigenvalue weighted by Gasteiger charge is 2.25. The van der Waals surface area contributed by atoms with Gasteiger partial charge in [0.25, 0.3) is 0 Å². The molecule has 3 aromatic carbocycles. The molecule has 0 unspecified atom stereocenters. The van der Waals surface area contributed by atoms with Crippen LogP contribution in [0, 0.1) is 0 Å². The number of amides is 1. The van der Waals surface area contributed by atoms with Gasteiger partial charge >= 0.3 is 11.9 Å². The molecule has 200 valence electrons. The number of aliphatic carboxylic acids is 1. The van der Waals surface area contributed by atoms with Crippen LogP contribution in [0.15, 0.2) is 69.6 Å². The molecule has 0 aliphatic carbocycles. The molecule has 0 aliphatic rings. The van der Waals surface area contributed by atoms with E-state index in [0.717, 1.165) is 11.1 Å². The van der Waals surface area contributed by atoms with Crippen molar-refractivity contribution in [2.75, 3.05) is 0 Å². The maximum absolute atomic E-state index is 12.7. The van der Waals surface area contributed by atoms with Crippen LogP contribution in [0.4, 0.5) is 0 Å². The van der Waals surface area contributed by atoms with E-state index in [4.69, 9.17) is 9.47 Å². The highest BCUT2D eigenvalue weighted by atomic mass is 79.9. The van der Waals surface area contributed by atoms with Gasteiger partial charge in [0.2, 0.25) is 5.91 Å². The van der Waals surface area contributed by atoms with Gasteiger partial charge in [0.05, 0.1) is 21.8 Å². The van der Waals surface area contributed by atoms with Gasteiger partial charge in [-0.15, -0.1) is 0 Å². The van der Waals surface area contributed by atoms with E-state index in [2.05, 4.69) is 37.2 Å². The molecule has 0 radical (unpaired) electrons. The quantitative estimate of drug-likeness (QED) is 0.216. The molecule has 38 heavy (non-hydrogen) atoms. The first-order valence-electron chi connectivity index (χ1n) is 11.7. The van der Waals surface area contributed by atoms with Crippen LogP contribution in [0.5, 0.6) is 17.2 Å². The first kappa shape index (κ1) is 29.2. The predicted molar refractivity (Wildman–Crippen MR) is 148 cm³/mol. The van der Waals surface area contributed by atoms with Crippen molar-refractivity contribution in [3.8, 4) is 17.2 Å². The number of nitrogens with one attached hydrogen (secondary N) is 1. The summed E-state index contributed by atoms with van der Waals surface area (Å²) in [5.41, 5.74) is 2.08. The van der Waals surface area contributed by atoms with Crippen LogP contribution < -0.4 is 10.1 Å². The van der Waals surface area contributed by atoms with Gasteiger partial charge in [-0.05, 0) is 79.2 Å². The Bertz CT molecular complexity index is 1290. The highest BCUT2D eigenvalue weighted by Crippen LogP contribution is 2.39. The monoisotopic (exact) mass is 647 g/mol. The van der Waals surface area contributed by atoms with Crippen molar-refractivity contribution in [3.63, 3.8) is 0 Å². The average molecular weight is 649 g/mol. The summed E-state index contributed by atoms with van der Waals surface area (Å²) in [6.07, 6.45) is -0.721. The maximum Gasteiger partial charge on any atom is 0.329 e. The zero-order chi connectivity index (χ0) is 27.8. The van der Waals surface area contributed by atoms with E-state index in [1.807, 2.05) is 19.9 Å². The molecule has 0 saturated heterocycles. The zero-order valence-corrected chi connectivity index (χ0v) is 23.9. The largest absolute Gasteiger partial charge is 0.508 e. The molecule has 3 N–H and O–H groups in total. The second kappa shape index (κ2) is 13.4. The van der Waals surface area contributed by atoms with E-state index in [1.165, 1.54) is 0 Å². The number of aromatic hydroxyl groups is 1. The molecule has 8 nitrogen and oxygen atoms in total. The van der Waals surface area contributed by atoms with Crippen LogP contribution in [0.3, 0.4) is 0 Å². The van der Waals surface area contributed by atoms with Gasteiger partial charge in [0, 0.05) is 5.56 Å². The summed E-state index contributed by atoms with van der Waals surface area (Å²) in [5.74, 6) is -1.31. The molecule has 3 aromatic rings. The third kappa shape index (κ3) is 8.32. The second-order valence-corrected chi connectivity index (χ2v) is 10.6. The molecule has 0 aliphatic heterocycles. The molecule has 3 rings (SSSR count). The molecular weight excluding hydrogens is 622 g/mol. The molecule has 0 saturated carbocycles.